The highest BCUT2D eigenvalue weighted by Crippen LogP contribution is 2.27. The van der Waals surface area contributed by atoms with Crippen molar-refractivity contribution >= 4 is 52.1 Å². The number of hydrogen-bond donors (Lipinski definition) is 0. The second kappa shape index (κ2) is 9.61. The van der Waals surface area contributed by atoms with Crippen LogP contribution in [-0.2, 0) is 20.9 Å². The minimum absolute atomic E-state index is 0.0906. The molecule has 0 aliphatic carbocycles. The average molecular weight is 476 g/mol. The van der Waals surface area contributed by atoms with Gasteiger partial charge >= 0.3 is 5.97 Å². The zero-order valence-electron chi connectivity index (χ0n) is 19.3. The van der Waals surface area contributed by atoms with Crippen LogP contribution in [-0.4, -0.2) is 57.5 Å². The summed E-state index contributed by atoms with van der Waals surface area (Å²) in [6.07, 6.45) is 3.57. The van der Waals surface area contributed by atoms with E-state index >= 15 is 0 Å². The van der Waals surface area contributed by atoms with Gasteiger partial charge in [-0.25, -0.2) is 4.79 Å². The molecule has 2 amide bonds. The maximum Gasteiger partial charge on any atom is 0.337 e. The molecule has 34 heavy (non-hydrogen) atoms. The number of aromatic nitrogens is 1. The van der Waals surface area contributed by atoms with Crippen LogP contribution in [0.25, 0.3) is 17.0 Å². The number of esters is 1. The van der Waals surface area contributed by atoms with Crippen molar-refractivity contribution in [3.8, 4) is 0 Å². The van der Waals surface area contributed by atoms with E-state index in [1.54, 1.807) is 18.2 Å². The smallest absolute Gasteiger partial charge is 0.337 e. The maximum absolute atomic E-state index is 13.1. The van der Waals surface area contributed by atoms with Crippen LogP contribution in [0.4, 0.5) is 0 Å². The molecule has 1 aliphatic heterocycles. The molecule has 0 bridgehead atoms. The molecule has 0 spiro atoms. The van der Waals surface area contributed by atoms with Crippen LogP contribution in [0.3, 0.4) is 0 Å². The predicted octanol–water partition coefficient (Wildman–Crippen LogP) is 3.86. The van der Waals surface area contributed by atoms with Gasteiger partial charge in [-0.15, -0.1) is 0 Å². The summed E-state index contributed by atoms with van der Waals surface area (Å²) < 4.78 is 6.87. The number of ether oxygens (including phenoxy) is 1. The highest BCUT2D eigenvalue weighted by molar-refractivity contribution is 7.80. The van der Waals surface area contributed by atoms with Gasteiger partial charge in [-0.2, -0.15) is 0 Å². The van der Waals surface area contributed by atoms with E-state index in [1.165, 1.54) is 16.9 Å². The number of likely N-dealkylation sites (N-methyl/N-ethyl adjacent to an activating group) is 2. The second-order valence-corrected chi connectivity index (χ2v) is 8.23. The lowest BCUT2D eigenvalue weighted by Gasteiger charge is -2.35. The van der Waals surface area contributed by atoms with Crippen LogP contribution < -0.4 is 0 Å². The van der Waals surface area contributed by atoms with Crippen molar-refractivity contribution in [1.82, 2.24) is 14.4 Å². The van der Waals surface area contributed by atoms with Crippen molar-refractivity contribution in [2.24, 2.45) is 0 Å². The summed E-state index contributed by atoms with van der Waals surface area (Å²) in [5.41, 5.74) is 3.20. The molecule has 2 aromatic carbocycles. The molecule has 0 atom stereocenters. The van der Waals surface area contributed by atoms with Gasteiger partial charge in [0, 0.05) is 42.3 Å². The summed E-state index contributed by atoms with van der Waals surface area (Å²) in [7, 11) is 1.36. The molecule has 1 fully saturated rings. The number of nitrogens with zero attached hydrogens (tertiary/aromatic N) is 3. The first-order valence-corrected chi connectivity index (χ1v) is 11.4. The summed E-state index contributed by atoms with van der Waals surface area (Å²) in [5, 5.41) is 1.16. The van der Waals surface area contributed by atoms with Gasteiger partial charge < -0.3 is 9.30 Å². The van der Waals surface area contributed by atoms with E-state index in [1.807, 2.05) is 61.0 Å². The molecule has 7 nitrogen and oxygen atoms in total. The molecule has 3 aromatic rings. The van der Waals surface area contributed by atoms with Crippen LogP contribution in [0.5, 0.6) is 0 Å². The lowest BCUT2D eigenvalue weighted by molar-refractivity contribution is -0.133. The van der Waals surface area contributed by atoms with Crippen LogP contribution in [0.1, 0.15) is 35.3 Å². The number of carbonyl (C=O) groups is 3. The first-order valence-electron chi connectivity index (χ1n) is 11.0. The standard InChI is InChI=1S/C26H25N3O4S/c1-4-28-23(30)21(24(31)29(5-2)26(28)34)14-19-16-27(22-12-7-6-11-20(19)22)15-17-9-8-10-18(13-17)25(32)33-3/h6-14,16H,4-5,15H2,1-3H3. The first kappa shape index (κ1) is 23.4. The monoisotopic (exact) mass is 475 g/mol. The van der Waals surface area contributed by atoms with E-state index in [4.69, 9.17) is 17.0 Å². The Labute approximate surface area is 203 Å². The number of benzene rings is 2. The highest BCUT2D eigenvalue weighted by atomic mass is 32.1. The summed E-state index contributed by atoms with van der Waals surface area (Å²) in [6, 6.07) is 15.1. The van der Waals surface area contributed by atoms with Gasteiger partial charge in [0.1, 0.15) is 5.57 Å². The summed E-state index contributed by atoms with van der Waals surface area (Å²) >= 11 is 5.36. The number of rotatable bonds is 6. The van der Waals surface area contributed by atoms with Crippen molar-refractivity contribution in [3.05, 3.63) is 77.0 Å². The SMILES string of the molecule is CCN1C(=O)C(=Cc2cn(Cc3cccc(C(=O)OC)c3)c3ccccc23)C(=O)N(CC)C1=S. The topological polar surface area (TPSA) is 71.9 Å². The number of carbonyl (C=O) groups excluding carboxylic acids is 3. The molecule has 0 unspecified atom stereocenters. The van der Waals surface area contributed by atoms with Crippen LogP contribution in [0.2, 0.25) is 0 Å². The molecule has 0 N–H and O–H groups in total. The zero-order valence-corrected chi connectivity index (χ0v) is 20.1. The molecule has 2 heterocycles. The fraction of sp³-hybridized carbons (Fsp3) is 0.231. The summed E-state index contributed by atoms with van der Waals surface area (Å²) in [5.74, 6) is -1.16. The number of para-hydroxylation sites is 1. The van der Waals surface area contributed by atoms with Crippen molar-refractivity contribution < 1.29 is 19.1 Å². The van der Waals surface area contributed by atoms with Gasteiger partial charge in [0.25, 0.3) is 11.8 Å². The van der Waals surface area contributed by atoms with Gasteiger partial charge in [-0.05, 0) is 55.9 Å². The largest absolute Gasteiger partial charge is 0.465 e. The number of amides is 2. The van der Waals surface area contributed by atoms with E-state index < -0.39 is 5.97 Å². The van der Waals surface area contributed by atoms with Gasteiger partial charge in [-0.1, -0.05) is 30.3 Å². The third-order valence-corrected chi connectivity index (χ3v) is 6.31. The zero-order chi connectivity index (χ0) is 24.4. The third kappa shape index (κ3) is 4.12. The van der Waals surface area contributed by atoms with E-state index in [0.29, 0.717) is 25.2 Å². The normalized spacial score (nSPS) is 14.2. The van der Waals surface area contributed by atoms with Crippen molar-refractivity contribution in [1.29, 1.82) is 0 Å². The number of methoxy groups -OCH3 is 1. The average Bonchev–Trinajstić information content (AvgIpc) is 3.19. The minimum atomic E-state index is -0.391. The summed E-state index contributed by atoms with van der Waals surface area (Å²) in [4.78, 5) is 41.0. The lowest BCUT2D eigenvalue weighted by atomic mass is 10.1. The number of thiocarbonyl (C=S) groups is 1. The molecule has 1 aromatic heterocycles. The van der Waals surface area contributed by atoms with Crippen LogP contribution >= 0.6 is 12.2 Å². The van der Waals surface area contributed by atoms with Gasteiger partial charge in [0.15, 0.2) is 5.11 Å². The number of fused-ring (bicyclic) bond motifs is 1. The maximum atomic E-state index is 13.1. The van der Waals surface area contributed by atoms with Crippen LogP contribution in [0.15, 0.2) is 60.3 Å². The third-order valence-electron chi connectivity index (χ3n) is 5.87. The van der Waals surface area contributed by atoms with E-state index in [2.05, 4.69) is 0 Å². The van der Waals surface area contributed by atoms with E-state index in [-0.39, 0.29) is 22.5 Å². The molecule has 8 heteroatoms. The molecular formula is C26H25N3O4S. The molecular weight excluding hydrogens is 450 g/mol. The van der Waals surface area contributed by atoms with E-state index in [0.717, 1.165) is 22.0 Å². The fourth-order valence-corrected chi connectivity index (χ4v) is 4.59. The van der Waals surface area contributed by atoms with Crippen molar-refractivity contribution in [3.63, 3.8) is 0 Å². The highest BCUT2D eigenvalue weighted by Gasteiger charge is 2.38. The predicted molar refractivity (Wildman–Crippen MR) is 134 cm³/mol. The molecule has 1 aliphatic rings. The Balaban J connectivity index is 1.77. The van der Waals surface area contributed by atoms with Crippen molar-refractivity contribution in [2.45, 2.75) is 20.4 Å². The Bertz CT molecular complexity index is 1310. The number of hydrogen-bond acceptors (Lipinski definition) is 5. The van der Waals surface area contributed by atoms with Gasteiger partial charge in [0.2, 0.25) is 0 Å². The van der Waals surface area contributed by atoms with Gasteiger partial charge in [0.05, 0.1) is 12.7 Å². The van der Waals surface area contributed by atoms with E-state index in [9.17, 15) is 14.4 Å². The quantitative estimate of drug-likeness (QED) is 0.234. The van der Waals surface area contributed by atoms with Gasteiger partial charge in [-0.3, -0.25) is 19.4 Å². The molecule has 0 saturated carbocycles. The fourth-order valence-electron chi connectivity index (χ4n) is 4.17. The Hall–Kier alpha value is -3.78. The Morgan fingerprint density at radius 1 is 1.00 bits per heavy atom. The molecule has 174 valence electrons. The first-order chi connectivity index (χ1) is 16.4. The Morgan fingerprint density at radius 2 is 1.68 bits per heavy atom. The molecule has 4 rings (SSSR count). The van der Waals surface area contributed by atoms with Crippen molar-refractivity contribution in [2.75, 3.05) is 20.2 Å². The van der Waals surface area contributed by atoms with Crippen LogP contribution in [0, 0.1) is 0 Å². The summed E-state index contributed by atoms with van der Waals surface area (Å²) in [6.45, 7) is 4.94. The minimum Gasteiger partial charge on any atom is -0.465 e. The Morgan fingerprint density at radius 3 is 2.32 bits per heavy atom. The second-order valence-electron chi connectivity index (χ2n) is 7.86. The lowest BCUT2D eigenvalue weighted by Crippen LogP contribution is -2.55. The molecule has 1 saturated heterocycles. The Kier molecular flexibility index (Phi) is 6.61. The molecule has 0 radical (unpaired) electrons.